The fourth-order valence-corrected chi connectivity index (χ4v) is 5.53. The molecule has 5 atom stereocenters. The standard InChI is InChI=1S/C23H20N2O9/c1-7-8-2-3-9(22-25-4-5-34-22)16(27)13(8)18(29)15-12(7)17(28)10-6-11(26)14(21(24)32)19(30)23(10,33)20(15)31/h2-5,7,10,12,17,27-30,33H,6H2,1H3,(H2,24,32)/t7-,10+,12+,17+,23+/m0/s1. The first-order valence-electron chi connectivity index (χ1n) is 10.4. The van der Waals surface area contributed by atoms with Crippen LogP contribution >= 0.6 is 0 Å². The highest BCUT2D eigenvalue weighted by atomic mass is 16.4. The summed E-state index contributed by atoms with van der Waals surface area (Å²) in [6, 6.07) is 3.10. The number of hydrogen-bond donors (Lipinski definition) is 6. The first-order valence-corrected chi connectivity index (χ1v) is 10.4. The van der Waals surface area contributed by atoms with Gasteiger partial charge in [-0.05, 0) is 17.5 Å². The summed E-state index contributed by atoms with van der Waals surface area (Å²) in [5.74, 6) is -9.05. The second-order valence-electron chi connectivity index (χ2n) is 8.75. The van der Waals surface area contributed by atoms with Crippen molar-refractivity contribution in [2.45, 2.75) is 31.0 Å². The van der Waals surface area contributed by atoms with Crippen LogP contribution in [0, 0.1) is 11.8 Å². The van der Waals surface area contributed by atoms with Crippen LogP contribution in [0.2, 0.25) is 0 Å². The predicted molar refractivity (Wildman–Crippen MR) is 113 cm³/mol. The second kappa shape index (κ2) is 7.02. The molecular formula is C23H20N2O9. The number of fused-ring (bicyclic) bond motifs is 3. The Balaban J connectivity index is 1.77. The van der Waals surface area contributed by atoms with Gasteiger partial charge in [0.15, 0.2) is 11.4 Å². The number of aromatic nitrogens is 1. The van der Waals surface area contributed by atoms with Crippen LogP contribution in [0.3, 0.4) is 0 Å². The fraction of sp³-hybridized carbons (Fsp3) is 0.304. The molecule has 1 amide bonds. The van der Waals surface area contributed by atoms with Gasteiger partial charge in [-0.25, -0.2) is 4.98 Å². The van der Waals surface area contributed by atoms with Gasteiger partial charge in [0, 0.05) is 23.8 Å². The predicted octanol–water partition coefficient (Wildman–Crippen LogP) is 0.611. The highest BCUT2D eigenvalue weighted by Gasteiger charge is 2.64. The van der Waals surface area contributed by atoms with E-state index >= 15 is 0 Å². The van der Waals surface area contributed by atoms with Gasteiger partial charge in [-0.2, -0.15) is 0 Å². The van der Waals surface area contributed by atoms with Crippen molar-refractivity contribution in [1.29, 1.82) is 0 Å². The van der Waals surface area contributed by atoms with Crippen LogP contribution in [0.5, 0.6) is 5.75 Å². The van der Waals surface area contributed by atoms with Crippen LogP contribution in [-0.2, 0) is 14.4 Å². The van der Waals surface area contributed by atoms with Crippen LogP contribution in [0.15, 0.2) is 45.9 Å². The highest BCUT2D eigenvalue weighted by Crippen LogP contribution is 2.56. The van der Waals surface area contributed by atoms with E-state index in [1.165, 1.54) is 18.5 Å². The summed E-state index contributed by atoms with van der Waals surface area (Å²) in [4.78, 5) is 41.7. The number of aliphatic hydroxyl groups is 4. The normalized spacial score (nSPS) is 30.7. The fourth-order valence-electron chi connectivity index (χ4n) is 5.53. The topological polar surface area (TPSA) is 204 Å². The largest absolute Gasteiger partial charge is 0.508 e. The molecule has 11 heteroatoms. The Morgan fingerprint density at radius 3 is 2.56 bits per heavy atom. The van der Waals surface area contributed by atoms with Crippen LogP contribution < -0.4 is 5.73 Å². The molecule has 1 fully saturated rings. The van der Waals surface area contributed by atoms with E-state index < -0.39 is 81.8 Å². The molecule has 1 heterocycles. The Morgan fingerprint density at radius 2 is 1.94 bits per heavy atom. The number of benzene rings is 1. The highest BCUT2D eigenvalue weighted by molar-refractivity contribution is 6.23. The number of ketones is 2. The van der Waals surface area contributed by atoms with Gasteiger partial charge in [0.1, 0.15) is 29.1 Å². The number of rotatable bonds is 2. The van der Waals surface area contributed by atoms with Gasteiger partial charge >= 0.3 is 0 Å². The molecule has 0 bridgehead atoms. The van der Waals surface area contributed by atoms with Crippen LogP contribution in [0.25, 0.3) is 17.2 Å². The first kappa shape index (κ1) is 21.9. The summed E-state index contributed by atoms with van der Waals surface area (Å²) in [6.45, 7) is 1.65. The van der Waals surface area contributed by atoms with Gasteiger partial charge in [-0.15, -0.1) is 0 Å². The number of Topliss-reactive ketones (excluding diaryl/α,β-unsaturated/α-hetero) is 2. The van der Waals surface area contributed by atoms with E-state index in [2.05, 4.69) is 4.98 Å². The summed E-state index contributed by atoms with van der Waals surface area (Å²) < 4.78 is 5.21. The number of carbonyl (C=O) groups is 3. The summed E-state index contributed by atoms with van der Waals surface area (Å²) in [6.07, 6.45) is 0.455. The van der Waals surface area contributed by atoms with Gasteiger partial charge in [0.2, 0.25) is 11.7 Å². The molecule has 3 aliphatic rings. The molecule has 0 radical (unpaired) electrons. The van der Waals surface area contributed by atoms with Gasteiger partial charge in [-0.3, -0.25) is 14.4 Å². The maximum absolute atomic E-state index is 13.6. The SMILES string of the molecule is C[C@H]1c2ccc(-c3ncco3)c(O)c2C(O)=C2C(=O)[C@]3(O)C(O)=C(C(N)=O)C(=O)C[C@@H]3[C@@H](O)[C@@H]21. The smallest absolute Gasteiger partial charge is 0.255 e. The lowest BCUT2D eigenvalue weighted by molar-refractivity contribution is -0.160. The molecule has 1 saturated carbocycles. The Kier molecular flexibility index (Phi) is 4.51. The molecular weight excluding hydrogens is 448 g/mol. The number of hydrogen-bond acceptors (Lipinski definition) is 10. The van der Waals surface area contributed by atoms with Crippen molar-refractivity contribution in [2.75, 3.05) is 0 Å². The third kappa shape index (κ3) is 2.53. The van der Waals surface area contributed by atoms with E-state index in [0.29, 0.717) is 5.56 Å². The average molecular weight is 468 g/mol. The zero-order valence-corrected chi connectivity index (χ0v) is 17.7. The van der Waals surface area contributed by atoms with Crippen molar-refractivity contribution in [3.63, 3.8) is 0 Å². The quantitative estimate of drug-likeness (QED) is 0.339. The molecule has 1 aromatic carbocycles. The summed E-state index contributed by atoms with van der Waals surface area (Å²) in [5, 5.41) is 55.2. The number of oxazole rings is 1. The maximum atomic E-state index is 13.6. The summed E-state index contributed by atoms with van der Waals surface area (Å²) >= 11 is 0. The zero-order valence-electron chi connectivity index (χ0n) is 17.7. The number of phenolic OH excluding ortho intramolecular Hbond substituents is 1. The molecule has 0 unspecified atom stereocenters. The number of amides is 1. The van der Waals surface area contributed by atoms with Crippen molar-refractivity contribution < 1.29 is 44.3 Å². The lowest BCUT2D eigenvalue weighted by Crippen LogP contribution is -2.63. The molecule has 0 spiro atoms. The van der Waals surface area contributed by atoms with E-state index in [4.69, 9.17) is 10.2 Å². The van der Waals surface area contributed by atoms with Crippen molar-refractivity contribution in [3.05, 3.63) is 52.6 Å². The lowest BCUT2D eigenvalue weighted by atomic mass is 9.55. The van der Waals surface area contributed by atoms with Gasteiger partial charge in [0.05, 0.1) is 23.4 Å². The minimum absolute atomic E-state index is 0.0547. The first-order chi connectivity index (χ1) is 16.0. The van der Waals surface area contributed by atoms with E-state index in [-0.39, 0.29) is 17.0 Å². The number of carbonyl (C=O) groups excluding carboxylic acids is 3. The molecule has 7 N–H and O–H groups in total. The third-order valence-electron chi connectivity index (χ3n) is 7.16. The third-order valence-corrected chi connectivity index (χ3v) is 7.16. The summed E-state index contributed by atoms with van der Waals surface area (Å²) in [5.41, 5.74) is 1.32. The van der Waals surface area contributed by atoms with Gasteiger partial charge < -0.3 is 35.7 Å². The minimum Gasteiger partial charge on any atom is -0.508 e. The average Bonchev–Trinajstić information content (AvgIpc) is 3.31. The van der Waals surface area contributed by atoms with Crippen LogP contribution in [0.4, 0.5) is 0 Å². The Morgan fingerprint density at radius 1 is 1.24 bits per heavy atom. The molecule has 2 aromatic rings. The number of nitrogens with zero attached hydrogens (tertiary/aromatic N) is 1. The van der Waals surface area contributed by atoms with Crippen LogP contribution in [-0.4, -0.2) is 59.7 Å². The van der Waals surface area contributed by atoms with Crippen molar-refractivity contribution in [3.8, 4) is 17.2 Å². The van der Waals surface area contributed by atoms with Crippen molar-refractivity contribution >= 4 is 23.2 Å². The van der Waals surface area contributed by atoms with E-state index in [1.54, 1.807) is 13.0 Å². The van der Waals surface area contributed by atoms with Crippen LogP contribution in [0.1, 0.15) is 30.4 Å². The minimum atomic E-state index is -2.87. The van der Waals surface area contributed by atoms with E-state index in [1.807, 2.05) is 0 Å². The molecule has 0 aliphatic heterocycles. The molecule has 34 heavy (non-hydrogen) atoms. The summed E-state index contributed by atoms with van der Waals surface area (Å²) in [7, 11) is 0. The monoisotopic (exact) mass is 468 g/mol. The Labute approximate surface area is 191 Å². The number of nitrogens with two attached hydrogens (primary N) is 1. The Bertz CT molecular complexity index is 1340. The van der Waals surface area contributed by atoms with E-state index in [9.17, 15) is 39.9 Å². The Hall–Kier alpha value is -3.96. The van der Waals surface area contributed by atoms with E-state index in [0.717, 1.165) is 0 Å². The number of aromatic hydroxyl groups is 1. The molecule has 1 aromatic heterocycles. The maximum Gasteiger partial charge on any atom is 0.255 e. The zero-order chi connectivity index (χ0) is 24.7. The number of primary amides is 1. The van der Waals surface area contributed by atoms with Crippen molar-refractivity contribution in [2.24, 2.45) is 17.6 Å². The second-order valence-corrected chi connectivity index (χ2v) is 8.75. The van der Waals surface area contributed by atoms with Crippen molar-refractivity contribution in [1.82, 2.24) is 4.98 Å². The number of aliphatic hydroxyl groups excluding tert-OH is 3. The molecule has 0 saturated heterocycles. The molecule has 3 aliphatic carbocycles. The molecule has 5 rings (SSSR count). The molecule has 176 valence electrons. The lowest BCUT2D eigenvalue weighted by Gasteiger charge is -2.50. The number of phenols is 1. The van der Waals surface area contributed by atoms with Gasteiger partial charge in [-0.1, -0.05) is 13.0 Å². The molecule has 11 nitrogen and oxygen atoms in total. The van der Waals surface area contributed by atoms with Gasteiger partial charge in [0.25, 0.3) is 5.91 Å².